The summed E-state index contributed by atoms with van der Waals surface area (Å²) >= 11 is 0. The molecule has 2 rings (SSSR count). The number of nitrogens with two attached hydrogens (primary N) is 2. The molecule has 0 heterocycles. The van der Waals surface area contributed by atoms with Gasteiger partial charge in [-0.3, -0.25) is 14.6 Å². The summed E-state index contributed by atoms with van der Waals surface area (Å²) in [5.41, 5.74) is -1.74. The third-order valence-corrected chi connectivity index (χ3v) is 5.09. The third-order valence-electron chi connectivity index (χ3n) is 5.09. The van der Waals surface area contributed by atoms with Gasteiger partial charge in [0.05, 0.1) is 5.56 Å². The van der Waals surface area contributed by atoms with E-state index < -0.39 is 40.9 Å². The molecular formula is C24H28F3N5O4. The first kappa shape index (κ1) is 28.3. The number of anilines is 1. The Balaban J connectivity index is 2.48. The lowest BCUT2D eigenvalue weighted by Gasteiger charge is -2.28. The van der Waals surface area contributed by atoms with Gasteiger partial charge >= 0.3 is 12.1 Å². The minimum atomic E-state index is -4.74. The number of aliphatic carboxylic acids is 1. The predicted octanol–water partition coefficient (Wildman–Crippen LogP) is 3.38. The molecule has 1 amide bonds. The number of rotatable bonds is 9. The first-order chi connectivity index (χ1) is 16.6. The van der Waals surface area contributed by atoms with Crippen LogP contribution in [-0.2, 0) is 22.2 Å². The van der Waals surface area contributed by atoms with Crippen molar-refractivity contribution in [3.8, 4) is 0 Å². The molecule has 0 fully saturated rings. The molecule has 0 aromatic heterocycles. The zero-order valence-corrected chi connectivity index (χ0v) is 20.0. The molecule has 2 aromatic carbocycles. The largest absolute Gasteiger partial charge is 0.480 e. The molecule has 0 saturated carbocycles. The Kier molecular flexibility index (Phi) is 8.81. The molecule has 2 aromatic rings. The van der Waals surface area contributed by atoms with Crippen molar-refractivity contribution < 1.29 is 32.7 Å². The van der Waals surface area contributed by atoms with Crippen LogP contribution in [0.15, 0.2) is 47.6 Å². The van der Waals surface area contributed by atoms with E-state index in [9.17, 15) is 32.7 Å². The van der Waals surface area contributed by atoms with Crippen LogP contribution in [0.5, 0.6) is 0 Å². The number of ketones is 1. The fraction of sp³-hybridized carbons (Fsp3) is 0.333. The number of hydrazone groups is 1. The second-order valence-electron chi connectivity index (χ2n) is 9.30. The highest BCUT2D eigenvalue weighted by molar-refractivity contribution is 6.10. The van der Waals surface area contributed by atoms with Crippen LogP contribution < -0.4 is 17.0 Å². The van der Waals surface area contributed by atoms with Gasteiger partial charge in [0.25, 0.3) is 0 Å². The zero-order valence-electron chi connectivity index (χ0n) is 20.0. The molecule has 0 aliphatic heterocycles. The van der Waals surface area contributed by atoms with Gasteiger partial charge in [-0.15, -0.1) is 0 Å². The predicted molar refractivity (Wildman–Crippen MR) is 128 cm³/mol. The third kappa shape index (κ3) is 7.54. The van der Waals surface area contributed by atoms with Crippen LogP contribution in [0.25, 0.3) is 0 Å². The maximum Gasteiger partial charge on any atom is 0.416 e. The number of carboxylic acids is 1. The molecular weight excluding hydrogens is 479 g/mol. The molecule has 0 spiro atoms. The number of nitrogens with one attached hydrogen (secondary N) is 1. The average molecular weight is 508 g/mol. The number of carbonyl (C=O) groups is 3. The van der Waals surface area contributed by atoms with Crippen molar-refractivity contribution in [1.29, 1.82) is 0 Å². The van der Waals surface area contributed by atoms with E-state index in [1.165, 1.54) is 24.3 Å². The Bertz CT molecular complexity index is 1160. The van der Waals surface area contributed by atoms with E-state index in [1.807, 2.05) is 0 Å². The standard InChI is InChI=1S/C24H28F3N5O4/c1-23(2,3)12-20(33)32(29)19(22(35)36)10-14-6-4-5-7-18(14)21(34)15-8-16(24(25,26)27)11-17(9-15)30-13-31-28/h4-9,11,13,19H,10,12,28-29H2,1-3H3,(H,30,31)(H,35,36). The molecule has 0 aliphatic carbocycles. The van der Waals surface area contributed by atoms with Crippen molar-refractivity contribution in [2.75, 3.05) is 5.32 Å². The van der Waals surface area contributed by atoms with E-state index in [4.69, 9.17) is 11.7 Å². The van der Waals surface area contributed by atoms with Crippen molar-refractivity contribution in [3.63, 3.8) is 0 Å². The molecule has 0 aliphatic rings. The summed E-state index contributed by atoms with van der Waals surface area (Å²) in [5.74, 6) is 8.06. The topological polar surface area (TPSA) is 151 Å². The lowest BCUT2D eigenvalue weighted by molar-refractivity contribution is -0.151. The number of hydrogen-bond acceptors (Lipinski definition) is 6. The van der Waals surface area contributed by atoms with Gasteiger partial charge in [0, 0.05) is 29.7 Å². The van der Waals surface area contributed by atoms with Crippen LogP contribution in [0.4, 0.5) is 18.9 Å². The first-order valence-corrected chi connectivity index (χ1v) is 10.8. The number of nitrogens with zero attached hydrogens (tertiary/aromatic N) is 2. The van der Waals surface area contributed by atoms with E-state index in [0.29, 0.717) is 11.1 Å². The summed E-state index contributed by atoms with van der Waals surface area (Å²) in [6.45, 7) is 5.38. The van der Waals surface area contributed by atoms with Crippen molar-refractivity contribution in [3.05, 3.63) is 64.7 Å². The molecule has 0 radical (unpaired) electrons. The number of amides is 1. The van der Waals surface area contributed by atoms with Gasteiger partial charge in [0.2, 0.25) is 5.91 Å². The smallest absolute Gasteiger partial charge is 0.416 e. The number of carboxylic acid groups (broad SMARTS) is 1. The number of carbonyl (C=O) groups excluding carboxylic acids is 2. The summed E-state index contributed by atoms with van der Waals surface area (Å²) in [6.07, 6.45) is -4.14. The van der Waals surface area contributed by atoms with E-state index in [-0.39, 0.29) is 35.2 Å². The highest BCUT2D eigenvalue weighted by Gasteiger charge is 2.33. The quantitative estimate of drug-likeness (QED) is 0.101. The van der Waals surface area contributed by atoms with Crippen LogP contribution in [-0.4, -0.2) is 40.2 Å². The maximum atomic E-state index is 13.4. The fourth-order valence-corrected chi connectivity index (χ4v) is 3.42. The van der Waals surface area contributed by atoms with Gasteiger partial charge in [-0.05, 0) is 29.2 Å². The monoisotopic (exact) mass is 507 g/mol. The molecule has 194 valence electrons. The molecule has 1 unspecified atom stereocenters. The molecule has 9 nitrogen and oxygen atoms in total. The Hall–Kier alpha value is -3.93. The highest BCUT2D eigenvalue weighted by atomic mass is 19.4. The summed E-state index contributed by atoms with van der Waals surface area (Å²) in [5, 5.41) is 16.0. The second kappa shape index (κ2) is 11.2. The number of alkyl halides is 3. The number of hydrogen-bond donors (Lipinski definition) is 4. The van der Waals surface area contributed by atoms with Gasteiger partial charge in [0.1, 0.15) is 12.4 Å². The zero-order chi connectivity index (χ0) is 27.3. The number of benzene rings is 2. The molecule has 12 heteroatoms. The van der Waals surface area contributed by atoms with E-state index in [2.05, 4.69) is 10.4 Å². The van der Waals surface area contributed by atoms with Crippen molar-refractivity contribution in [2.45, 2.75) is 45.8 Å². The summed E-state index contributed by atoms with van der Waals surface area (Å²) < 4.78 is 40.3. The molecule has 1 atom stereocenters. The van der Waals surface area contributed by atoms with Gasteiger partial charge in [0.15, 0.2) is 5.78 Å². The molecule has 36 heavy (non-hydrogen) atoms. The van der Waals surface area contributed by atoms with Gasteiger partial charge in [-0.1, -0.05) is 45.0 Å². The van der Waals surface area contributed by atoms with E-state index in [0.717, 1.165) is 12.4 Å². The lowest BCUT2D eigenvalue weighted by atomic mass is 9.90. The average Bonchev–Trinajstić information content (AvgIpc) is 2.78. The van der Waals surface area contributed by atoms with Crippen molar-refractivity contribution >= 4 is 29.7 Å². The first-order valence-electron chi connectivity index (χ1n) is 10.8. The van der Waals surface area contributed by atoms with Crippen LogP contribution in [0.3, 0.4) is 0 Å². The van der Waals surface area contributed by atoms with E-state index >= 15 is 0 Å². The Morgan fingerprint density at radius 2 is 1.78 bits per heavy atom. The summed E-state index contributed by atoms with van der Waals surface area (Å²) in [6, 6.07) is 7.02. The minimum Gasteiger partial charge on any atom is -0.480 e. The number of hydrazine groups is 1. The van der Waals surface area contributed by atoms with Crippen LogP contribution >= 0.6 is 0 Å². The Morgan fingerprint density at radius 1 is 1.14 bits per heavy atom. The van der Waals surface area contributed by atoms with Crippen LogP contribution in [0, 0.1) is 5.41 Å². The van der Waals surface area contributed by atoms with Crippen molar-refractivity contribution in [1.82, 2.24) is 5.01 Å². The van der Waals surface area contributed by atoms with Crippen LogP contribution in [0.1, 0.15) is 54.2 Å². The Labute approximate surface area is 205 Å². The Morgan fingerprint density at radius 3 is 2.33 bits per heavy atom. The fourth-order valence-electron chi connectivity index (χ4n) is 3.42. The van der Waals surface area contributed by atoms with Gasteiger partial charge in [-0.2, -0.15) is 18.3 Å². The van der Waals surface area contributed by atoms with Crippen LogP contribution in [0.2, 0.25) is 0 Å². The SMILES string of the molecule is CC(C)(C)CC(=O)N(N)C(Cc1ccccc1C(=O)c1cc(NC=NN)cc(C(F)(F)F)c1)C(=O)O. The highest BCUT2D eigenvalue weighted by Crippen LogP contribution is 2.33. The summed E-state index contributed by atoms with van der Waals surface area (Å²) in [4.78, 5) is 37.8. The normalized spacial score (nSPS) is 12.9. The molecule has 0 saturated heterocycles. The molecule has 0 bridgehead atoms. The van der Waals surface area contributed by atoms with E-state index in [1.54, 1.807) is 26.8 Å². The lowest BCUT2D eigenvalue weighted by Crippen LogP contribution is -2.51. The minimum absolute atomic E-state index is 0.0139. The van der Waals surface area contributed by atoms with Gasteiger partial charge < -0.3 is 16.3 Å². The van der Waals surface area contributed by atoms with Gasteiger partial charge in [-0.25, -0.2) is 10.6 Å². The van der Waals surface area contributed by atoms with Crippen molar-refractivity contribution in [2.24, 2.45) is 22.2 Å². The second-order valence-corrected chi connectivity index (χ2v) is 9.30. The number of halogens is 3. The summed E-state index contributed by atoms with van der Waals surface area (Å²) in [7, 11) is 0. The maximum absolute atomic E-state index is 13.4. The molecule has 6 N–H and O–H groups in total.